The first kappa shape index (κ1) is 16.8. The summed E-state index contributed by atoms with van der Waals surface area (Å²) in [5.41, 5.74) is 0. The lowest BCUT2D eigenvalue weighted by atomic mass is 10.3. The van der Waals surface area contributed by atoms with Gasteiger partial charge >= 0.3 is 5.97 Å². The molecule has 0 aliphatic heterocycles. The van der Waals surface area contributed by atoms with E-state index in [4.69, 9.17) is 9.47 Å². The molecule has 0 aliphatic rings. The lowest BCUT2D eigenvalue weighted by molar-refractivity contribution is -0.134. The molecule has 2 rings (SSSR count). The van der Waals surface area contributed by atoms with Crippen LogP contribution in [0.3, 0.4) is 0 Å². The summed E-state index contributed by atoms with van der Waals surface area (Å²) in [5, 5.41) is 0. The summed E-state index contributed by atoms with van der Waals surface area (Å²) >= 11 is 0. The molecule has 0 atom stereocenters. The quantitative estimate of drug-likeness (QED) is 0.600. The highest BCUT2D eigenvalue weighted by atomic mass is 16.5. The van der Waals surface area contributed by atoms with Gasteiger partial charge in [-0.05, 0) is 37.6 Å². The summed E-state index contributed by atoms with van der Waals surface area (Å²) in [4.78, 5) is 11.0. The fourth-order valence-electron chi connectivity index (χ4n) is 1.56. The Morgan fingerprint density at radius 3 is 1.86 bits per heavy atom. The molecule has 21 heavy (non-hydrogen) atoms. The number of hydrogen-bond acceptors (Lipinski definition) is 3. The molecule has 0 aliphatic carbocycles. The van der Waals surface area contributed by atoms with E-state index >= 15 is 0 Å². The van der Waals surface area contributed by atoms with Crippen LogP contribution in [0, 0.1) is 0 Å². The number of carbonyl (C=O) groups is 1. The number of rotatable bonds is 5. The topological polar surface area (TPSA) is 35.5 Å². The lowest BCUT2D eigenvalue weighted by Crippen LogP contribution is -2.06. The van der Waals surface area contributed by atoms with Crippen LogP contribution in [0.4, 0.5) is 0 Å². The highest BCUT2D eigenvalue weighted by Crippen LogP contribution is 2.09. The minimum Gasteiger partial charge on any atom is -0.494 e. The van der Waals surface area contributed by atoms with E-state index in [1.54, 1.807) is 12.1 Å². The molecule has 0 saturated carbocycles. The maximum absolute atomic E-state index is 11.0. The van der Waals surface area contributed by atoms with E-state index in [1.807, 2.05) is 62.4 Å². The number of benzene rings is 2. The van der Waals surface area contributed by atoms with E-state index in [0.717, 1.165) is 18.8 Å². The molecule has 3 heteroatoms. The molecule has 0 aromatic heterocycles. The van der Waals surface area contributed by atoms with E-state index in [-0.39, 0.29) is 5.97 Å². The molecule has 0 amide bonds. The van der Waals surface area contributed by atoms with Gasteiger partial charge in [0.2, 0.25) is 0 Å². The molecular formula is C18H22O3. The van der Waals surface area contributed by atoms with E-state index in [9.17, 15) is 4.79 Å². The maximum Gasteiger partial charge on any atom is 0.311 e. The molecule has 2 aromatic carbocycles. The molecule has 0 N–H and O–H groups in total. The molecule has 0 saturated heterocycles. The van der Waals surface area contributed by atoms with Gasteiger partial charge in [0.25, 0.3) is 0 Å². The van der Waals surface area contributed by atoms with Crippen molar-refractivity contribution in [3.8, 4) is 11.5 Å². The summed E-state index contributed by atoms with van der Waals surface area (Å²) in [7, 11) is 0. The number of hydrogen-bond donors (Lipinski definition) is 0. The Morgan fingerprint density at radius 2 is 1.38 bits per heavy atom. The Labute approximate surface area is 126 Å². The Bertz CT molecular complexity index is 494. The average Bonchev–Trinajstić information content (AvgIpc) is 2.50. The molecule has 3 nitrogen and oxygen atoms in total. The number of ether oxygens (including phenoxy) is 2. The van der Waals surface area contributed by atoms with Crippen LogP contribution < -0.4 is 9.47 Å². The SMILES string of the molecule is CCCC(=O)Oc1ccccc1.CCOc1ccccc1. The minimum atomic E-state index is -0.163. The largest absolute Gasteiger partial charge is 0.494 e. The van der Waals surface area contributed by atoms with Gasteiger partial charge in [0.05, 0.1) is 6.61 Å². The maximum atomic E-state index is 11.0. The number of esters is 1. The van der Waals surface area contributed by atoms with Gasteiger partial charge < -0.3 is 9.47 Å². The van der Waals surface area contributed by atoms with Crippen molar-refractivity contribution in [3.05, 3.63) is 60.7 Å². The van der Waals surface area contributed by atoms with Crippen LogP contribution in [0.1, 0.15) is 26.7 Å². The highest BCUT2D eigenvalue weighted by molar-refractivity contribution is 5.72. The second kappa shape index (κ2) is 10.5. The molecule has 0 radical (unpaired) electrons. The zero-order chi connectivity index (χ0) is 15.3. The molecule has 0 unspecified atom stereocenters. The van der Waals surface area contributed by atoms with E-state index in [2.05, 4.69) is 0 Å². The van der Waals surface area contributed by atoms with Gasteiger partial charge in [-0.1, -0.05) is 43.3 Å². The predicted octanol–water partition coefficient (Wildman–Crippen LogP) is 4.48. The highest BCUT2D eigenvalue weighted by Gasteiger charge is 2.00. The monoisotopic (exact) mass is 286 g/mol. The van der Waals surface area contributed by atoms with Gasteiger partial charge in [0.15, 0.2) is 0 Å². The van der Waals surface area contributed by atoms with Crippen molar-refractivity contribution in [2.75, 3.05) is 6.61 Å². The van der Waals surface area contributed by atoms with Crippen molar-refractivity contribution < 1.29 is 14.3 Å². The van der Waals surface area contributed by atoms with Gasteiger partial charge in [-0.25, -0.2) is 0 Å². The third-order valence-corrected chi connectivity index (χ3v) is 2.48. The summed E-state index contributed by atoms with van der Waals surface area (Å²) in [5.74, 6) is 1.40. The molecule has 2 aromatic rings. The van der Waals surface area contributed by atoms with Crippen molar-refractivity contribution >= 4 is 5.97 Å². The first-order valence-corrected chi connectivity index (χ1v) is 7.19. The van der Waals surface area contributed by atoms with Crippen molar-refractivity contribution in [1.29, 1.82) is 0 Å². The van der Waals surface area contributed by atoms with Gasteiger partial charge in [-0.15, -0.1) is 0 Å². The number of para-hydroxylation sites is 2. The fourth-order valence-corrected chi connectivity index (χ4v) is 1.56. The summed E-state index contributed by atoms with van der Waals surface area (Å²) in [6.45, 7) is 4.67. The van der Waals surface area contributed by atoms with Crippen LogP contribution in [-0.4, -0.2) is 12.6 Å². The van der Waals surface area contributed by atoms with Gasteiger partial charge in [0, 0.05) is 6.42 Å². The molecule has 112 valence electrons. The van der Waals surface area contributed by atoms with Crippen LogP contribution in [0.5, 0.6) is 11.5 Å². The van der Waals surface area contributed by atoms with Gasteiger partial charge in [-0.2, -0.15) is 0 Å². The fraction of sp³-hybridized carbons (Fsp3) is 0.278. The summed E-state index contributed by atoms with van der Waals surface area (Å²) in [6, 6.07) is 18.9. The van der Waals surface area contributed by atoms with Crippen molar-refractivity contribution in [3.63, 3.8) is 0 Å². The predicted molar refractivity (Wildman–Crippen MR) is 84.6 cm³/mol. The first-order valence-electron chi connectivity index (χ1n) is 7.19. The normalized spacial score (nSPS) is 9.24. The Hall–Kier alpha value is -2.29. The van der Waals surface area contributed by atoms with E-state index < -0.39 is 0 Å². The molecular weight excluding hydrogens is 264 g/mol. The summed E-state index contributed by atoms with van der Waals surface area (Å²) in [6.07, 6.45) is 1.31. The van der Waals surface area contributed by atoms with E-state index in [1.165, 1.54) is 0 Å². The smallest absolute Gasteiger partial charge is 0.311 e. The van der Waals surface area contributed by atoms with Crippen molar-refractivity contribution in [2.45, 2.75) is 26.7 Å². The van der Waals surface area contributed by atoms with Crippen LogP contribution >= 0.6 is 0 Å². The summed E-state index contributed by atoms with van der Waals surface area (Å²) < 4.78 is 10.2. The molecule has 0 bridgehead atoms. The zero-order valence-electron chi connectivity index (χ0n) is 12.6. The van der Waals surface area contributed by atoms with Crippen LogP contribution in [0.15, 0.2) is 60.7 Å². The van der Waals surface area contributed by atoms with Gasteiger partial charge in [-0.3, -0.25) is 4.79 Å². The average molecular weight is 286 g/mol. The lowest BCUT2D eigenvalue weighted by Gasteiger charge is -2.01. The zero-order valence-corrected chi connectivity index (χ0v) is 12.6. The van der Waals surface area contributed by atoms with Crippen LogP contribution in [0.25, 0.3) is 0 Å². The van der Waals surface area contributed by atoms with Crippen LogP contribution in [-0.2, 0) is 4.79 Å². The molecule has 0 fully saturated rings. The first-order chi connectivity index (χ1) is 10.3. The Balaban J connectivity index is 0.000000219. The van der Waals surface area contributed by atoms with Crippen LogP contribution in [0.2, 0.25) is 0 Å². The van der Waals surface area contributed by atoms with E-state index in [0.29, 0.717) is 12.2 Å². The second-order valence-electron chi connectivity index (χ2n) is 4.28. The molecule has 0 spiro atoms. The third-order valence-electron chi connectivity index (χ3n) is 2.48. The Morgan fingerprint density at radius 1 is 0.857 bits per heavy atom. The Kier molecular flexibility index (Phi) is 8.38. The molecule has 0 heterocycles. The second-order valence-corrected chi connectivity index (χ2v) is 4.28. The van der Waals surface area contributed by atoms with Gasteiger partial charge in [0.1, 0.15) is 11.5 Å². The van der Waals surface area contributed by atoms with Crippen molar-refractivity contribution in [1.82, 2.24) is 0 Å². The number of carbonyl (C=O) groups excluding carboxylic acids is 1. The standard InChI is InChI=1S/C10H12O2.C8H10O/c1-2-6-10(11)12-9-7-4-3-5-8-9;1-2-9-8-6-4-3-5-7-8/h3-5,7-8H,2,6H2,1H3;3-7H,2H2,1H3. The minimum absolute atomic E-state index is 0.163. The van der Waals surface area contributed by atoms with Crippen molar-refractivity contribution in [2.24, 2.45) is 0 Å². The third kappa shape index (κ3) is 7.78.